The van der Waals surface area contributed by atoms with E-state index in [0.717, 1.165) is 13.1 Å². The first-order valence-corrected chi connectivity index (χ1v) is 7.41. The van der Waals surface area contributed by atoms with E-state index in [-0.39, 0.29) is 6.29 Å². The van der Waals surface area contributed by atoms with Gasteiger partial charge in [-0.3, -0.25) is 9.46 Å². The lowest BCUT2D eigenvalue weighted by Gasteiger charge is -2.35. The third-order valence-electron chi connectivity index (χ3n) is 2.88. The van der Waals surface area contributed by atoms with E-state index in [1.54, 1.807) is 0 Å². The highest BCUT2D eigenvalue weighted by molar-refractivity contribution is 7.51. The van der Waals surface area contributed by atoms with Gasteiger partial charge in [-0.05, 0) is 12.1 Å². The van der Waals surface area contributed by atoms with Crippen LogP contribution in [0.25, 0.3) is 0 Å². The van der Waals surface area contributed by atoms with E-state index >= 15 is 0 Å². The van der Waals surface area contributed by atoms with Crippen LogP contribution in [0.15, 0.2) is 30.3 Å². The Labute approximate surface area is 101 Å². The number of hydrogen-bond acceptors (Lipinski definition) is 3. The molecule has 94 valence electrons. The van der Waals surface area contributed by atoms with Gasteiger partial charge in [-0.15, -0.1) is 0 Å². The summed E-state index contributed by atoms with van der Waals surface area (Å²) in [5.41, 5.74) is 1.17. The molecule has 6 heteroatoms. The fourth-order valence-electron chi connectivity index (χ4n) is 2.05. The van der Waals surface area contributed by atoms with Crippen molar-refractivity contribution >= 4 is 13.3 Å². The summed E-state index contributed by atoms with van der Waals surface area (Å²) < 4.78 is 10.9. The van der Waals surface area contributed by atoms with Crippen LogP contribution < -0.4 is 4.90 Å². The molecule has 2 N–H and O–H groups in total. The van der Waals surface area contributed by atoms with Crippen molar-refractivity contribution in [3.05, 3.63) is 30.3 Å². The highest BCUT2D eigenvalue weighted by Crippen LogP contribution is 2.35. The third-order valence-corrected chi connectivity index (χ3v) is 3.65. The zero-order chi connectivity index (χ0) is 12.3. The Hall–Kier alpha value is -0.870. The molecule has 5 nitrogen and oxygen atoms in total. The largest absolute Gasteiger partial charge is 0.369 e. The fourth-order valence-corrected chi connectivity index (χ4v) is 2.85. The van der Waals surface area contributed by atoms with Crippen molar-refractivity contribution in [2.75, 3.05) is 37.4 Å². The molecule has 1 saturated heterocycles. The lowest BCUT2D eigenvalue weighted by atomic mass is 10.2. The monoisotopic (exact) mass is 256 g/mol. The first-order valence-electron chi connectivity index (χ1n) is 5.61. The second kappa shape index (κ2) is 5.19. The minimum atomic E-state index is -3.92. The molecule has 1 aliphatic heterocycles. The van der Waals surface area contributed by atoms with Gasteiger partial charge in [0.15, 0.2) is 0 Å². The molecule has 0 radical (unpaired) electrons. The third kappa shape index (κ3) is 3.82. The van der Waals surface area contributed by atoms with Gasteiger partial charge in [0.1, 0.15) is 6.29 Å². The van der Waals surface area contributed by atoms with E-state index in [1.165, 1.54) is 5.69 Å². The maximum absolute atomic E-state index is 10.9. The van der Waals surface area contributed by atoms with Crippen LogP contribution in [0, 0.1) is 0 Å². The maximum atomic E-state index is 10.9. The molecular formula is C11H17N2O3P. The topological polar surface area (TPSA) is 64.0 Å². The van der Waals surface area contributed by atoms with E-state index in [2.05, 4.69) is 17.0 Å². The Kier molecular flexibility index (Phi) is 3.84. The van der Waals surface area contributed by atoms with E-state index in [9.17, 15) is 4.57 Å². The standard InChI is InChI=1S/C11H17N2O3P/c14-17(15,16)10-12-6-8-13(9-7-12)11-4-2-1-3-5-11/h1-5H,6-10H2,(H2,14,15,16). The van der Waals surface area contributed by atoms with Crippen molar-refractivity contribution in [1.29, 1.82) is 0 Å². The van der Waals surface area contributed by atoms with Gasteiger partial charge in [0.2, 0.25) is 0 Å². The van der Waals surface area contributed by atoms with Crippen molar-refractivity contribution in [3.63, 3.8) is 0 Å². The highest BCUT2D eigenvalue weighted by atomic mass is 31.2. The number of benzene rings is 1. The molecule has 1 heterocycles. The smallest absolute Gasteiger partial charge is 0.339 e. The van der Waals surface area contributed by atoms with Crippen LogP contribution in [0.4, 0.5) is 5.69 Å². The molecule has 0 saturated carbocycles. The Bertz CT molecular complexity index is 398. The molecule has 1 fully saturated rings. The zero-order valence-corrected chi connectivity index (χ0v) is 10.5. The van der Waals surface area contributed by atoms with Crippen molar-refractivity contribution in [2.24, 2.45) is 0 Å². The van der Waals surface area contributed by atoms with Crippen LogP contribution in [0.5, 0.6) is 0 Å². The van der Waals surface area contributed by atoms with Crippen molar-refractivity contribution < 1.29 is 14.4 Å². The lowest BCUT2D eigenvalue weighted by molar-refractivity contribution is 0.263. The van der Waals surface area contributed by atoms with E-state index < -0.39 is 7.60 Å². The van der Waals surface area contributed by atoms with E-state index in [4.69, 9.17) is 9.79 Å². The molecule has 1 aliphatic rings. The van der Waals surface area contributed by atoms with Gasteiger partial charge in [0.25, 0.3) is 0 Å². The first kappa shape index (κ1) is 12.6. The number of piperazine rings is 1. The molecule has 2 rings (SSSR count). The lowest BCUT2D eigenvalue weighted by Crippen LogP contribution is -2.46. The molecule has 0 spiro atoms. The summed E-state index contributed by atoms with van der Waals surface area (Å²) in [7, 11) is -3.92. The quantitative estimate of drug-likeness (QED) is 0.788. The summed E-state index contributed by atoms with van der Waals surface area (Å²) in [4.78, 5) is 21.9. The van der Waals surface area contributed by atoms with Gasteiger partial charge in [0, 0.05) is 31.9 Å². The minimum absolute atomic E-state index is 0.129. The van der Waals surface area contributed by atoms with Gasteiger partial charge < -0.3 is 14.7 Å². The molecule has 1 aromatic rings. The number of nitrogens with zero attached hydrogens (tertiary/aromatic N) is 2. The number of para-hydroxylation sites is 1. The van der Waals surface area contributed by atoms with Gasteiger partial charge in [-0.2, -0.15) is 0 Å². The van der Waals surface area contributed by atoms with Crippen molar-refractivity contribution in [1.82, 2.24) is 4.90 Å². The van der Waals surface area contributed by atoms with Gasteiger partial charge in [-0.1, -0.05) is 18.2 Å². The summed E-state index contributed by atoms with van der Waals surface area (Å²) in [5.74, 6) is 0. The number of rotatable bonds is 3. The predicted octanol–water partition coefficient (Wildman–Crippen LogP) is 0.944. The van der Waals surface area contributed by atoms with Gasteiger partial charge in [-0.25, -0.2) is 0 Å². The Morgan fingerprint density at radius 2 is 1.65 bits per heavy atom. The average molecular weight is 256 g/mol. The van der Waals surface area contributed by atoms with Crippen LogP contribution in [-0.4, -0.2) is 47.2 Å². The van der Waals surface area contributed by atoms with Crippen LogP contribution in [0.2, 0.25) is 0 Å². The predicted molar refractivity (Wildman–Crippen MR) is 67.1 cm³/mol. The molecule has 0 bridgehead atoms. The van der Waals surface area contributed by atoms with E-state index in [1.807, 2.05) is 23.1 Å². The molecule has 17 heavy (non-hydrogen) atoms. The number of anilines is 1. The Balaban J connectivity index is 1.89. The van der Waals surface area contributed by atoms with Crippen LogP contribution in [-0.2, 0) is 4.57 Å². The zero-order valence-electron chi connectivity index (χ0n) is 9.57. The molecule has 1 aromatic carbocycles. The SMILES string of the molecule is O=P(O)(O)CN1CCN(c2ccccc2)CC1. The Morgan fingerprint density at radius 1 is 1.06 bits per heavy atom. The summed E-state index contributed by atoms with van der Waals surface area (Å²) >= 11 is 0. The van der Waals surface area contributed by atoms with Gasteiger partial charge >= 0.3 is 7.60 Å². The highest BCUT2D eigenvalue weighted by Gasteiger charge is 2.23. The second-order valence-electron chi connectivity index (χ2n) is 4.25. The minimum Gasteiger partial charge on any atom is -0.369 e. The molecule has 0 aromatic heterocycles. The van der Waals surface area contributed by atoms with Crippen LogP contribution >= 0.6 is 7.60 Å². The van der Waals surface area contributed by atoms with Crippen LogP contribution in [0.1, 0.15) is 0 Å². The van der Waals surface area contributed by atoms with Crippen molar-refractivity contribution in [2.45, 2.75) is 0 Å². The average Bonchev–Trinajstić information content (AvgIpc) is 2.29. The molecular weight excluding hydrogens is 239 g/mol. The van der Waals surface area contributed by atoms with E-state index in [0.29, 0.717) is 13.1 Å². The fraction of sp³-hybridized carbons (Fsp3) is 0.455. The second-order valence-corrected chi connectivity index (χ2v) is 5.86. The molecule has 0 unspecified atom stereocenters. The number of hydrogen-bond donors (Lipinski definition) is 2. The Morgan fingerprint density at radius 3 is 2.18 bits per heavy atom. The summed E-state index contributed by atoms with van der Waals surface area (Å²) in [6.07, 6.45) is -0.129. The van der Waals surface area contributed by atoms with Crippen LogP contribution in [0.3, 0.4) is 0 Å². The van der Waals surface area contributed by atoms with Gasteiger partial charge in [0.05, 0.1) is 0 Å². The summed E-state index contributed by atoms with van der Waals surface area (Å²) in [6, 6.07) is 10.1. The molecule has 0 atom stereocenters. The maximum Gasteiger partial charge on any atom is 0.339 e. The normalized spacial score (nSPS) is 18.4. The molecule has 0 amide bonds. The van der Waals surface area contributed by atoms with Crippen molar-refractivity contribution in [3.8, 4) is 0 Å². The summed E-state index contributed by atoms with van der Waals surface area (Å²) in [6.45, 7) is 3.01. The molecule has 0 aliphatic carbocycles. The summed E-state index contributed by atoms with van der Waals surface area (Å²) in [5, 5.41) is 0. The first-order chi connectivity index (χ1) is 8.04.